The molecule has 1 aliphatic rings. The first-order chi connectivity index (χ1) is 10.8. The lowest BCUT2D eigenvalue weighted by molar-refractivity contribution is 0.0600. The summed E-state index contributed by atoms with van der Waals surface area (Å²) in [6.07, 6.45) is 2.06. The van der Waals surface area contributed by atoms with Gasteiger partial charge < -0.3 is 10.1 Å². The molecule has 1 aromatic rings. The van der Waals surface area contributed by atoms with Gasteiger partial charge in [-0.25, -0.2) is 17.9 Å². The number of benzene rings is 1. The molecule has 1 aliphatic heterocycles. The zero-order chi connectivity index (χ0) is 16.9. The van der Waals surface area contributed by atoms with Gasteiger partial charge in [0.2, 0.25) is 10.0 Å². The Morgan fingerprint density at radius 1 is 1.42 bits per heavy atom. The van der Waals surface area contributed by atoms with E-state index in [4.69, 9.17) is 0 Å². The Morgan fingerprint density at radius 2 is 2.17 bits per heavy atom. The summed E-state index contributed by atoms with van der Waals surface area (Å²) in [4.78, 5) is 11.5. The van der Waals surface area contributed by atoms with Gasteiger partial charge in [0.25, 0.3) is 0 Å². The third-order valence-electron chi connectivity index (χ3n) is 4.11. The summed E-state index contributed by atoms with van der Waals surface area (Å²) >= 11 is 0. The van der Waals surface area contributed by atoms with Gasteiger partial charge in [-0.15, -0.1) is 12.4 Å². The molecule has 1 heterocycles. The topological polar surface area (TPSA) is 84.5 Å². The molecule has 2 N–H and O–H groups in total. The van der Waals surface area contributed by atoms with Crippen molar-refractivity contribution in [1.29, 1.82) is 0 Å². The Morgan fingerprint density at radius 3 is 2.79 bits per heavy atom. The minimum Gasteiger partial charge on any atom is -0.465 e. The van der Waals surface area contributed by atoms with Crippen molar-refractivity contribution in [2.75, 3.05) is 26.7 Å². The number of hydrogen-bond acceptors (Lipinski definition) is 5. The Kier molecular flexibility index (Phi) is 7.66. The molecule has 0 radical (unpaired) electrons. The van der Waals surface area contributed by atoms with Crippen molar-refractivity contribution in [2.45, 2.75) is 25.5 Å². The fourth-order valence-electron chi connectivity index (χ4n) is 2.73. The van der Waals surface area contributed by atoms with E-state index >= 15 is 0 Å². The van der Waals surface area contributed by atoms with Gasteiger partial charge in [0.1, 0.15) is 0 Å². The van der Waals surface area contributed by atoms with Gasteiger partial charge in [-0.2, -0.15) is 0 Å². The molecular formula is C16H25ClN2O4S. The Bertz CT molecular complexity index is 658. The van der Waals surface area contributed by atoms with Crippen LogP contribution in [0.3, 0.4) is 0 Å². The fraction of sp³-hybridized carbons (Fsp3) is 0.562. The maximum absolute atomic E-state index is 12.3. The molecule has 1 saturated heterocycles. The summed E-state index contributed by atoms with van der Waals surface area (Å²) in [5, 5.41) is 3.30. The Balaban J connectivity index is 0.00000288. The minimum absolute atomic E-state index is 0. The van der Waals surface area contributed by atoms with Crippen LogP contribution in [0.15, 0.2) is 24.3 Å². The van der Waals surface area contributed by atoms with Crippen LogP contribution in [0.1, 0.15) is 35.7 Å². The Labute approximate surface area is 149 Å². The van der Waals surface area contributed by atoms with E-state index in [2.05, 4.69) is 21.7 Å². The van der Waals surface area contributed by atoms with Crippen LogP contribution in [0.25, 0.3) is 0 Å². The summed E-state index contributed by atoms with van der Waals surface area (Å²) in [6.45, 7) is 4.30. The van der Waals surface area contributed by atoms with E-state index in [0.29, 0.717) is 17.7 Å². The predicted molar refractivity (Wildman–Crippen MR) is 95.9 cm³/mol. The average Bonchev–Trinajstić information content (AvgIpc) is 2.53. The highest BCUT2D eigenvalue weighted by molar-refractivity contribution is 7.88. The van der Waals surface area contributed by atoms with Gasteiger partial charge in [-0.1, -0.05) is 19.1 Å². The maximum atomic E-state index is 12.3. The van der Waals surface area contributed by atoms with E-state index in [9.17, 15) is 13.2 Å². The molecule has 6 nitrogen and oxygen atoms in total. The number of rotatable bonds is 6. The van der Waals surface area contributed by atoms with Gasteiger partial charge in [-0.05, 0) is 42.5 Å². The van der Waals surface area contributed by atoms with E-state index in [0.717, 1.165) is 25.9 Å². The Hall–Kier alpha value is -1.15. The van der Waals surface area contributed by atoms with E-state index in [1.807, 2.05) is 0 Å². The van der Waals surface area contributed by atoms with Gasteiger partial charge in [-0.3, -0.25) is 0 Å². The molecular weight excluding hydrogens is 352 g/mol. The van der Waals surface area contributed by atoms with E-state index < -0.39 is 16.0 Å². The van der Waals surface area contributed by atoms with Gasteiger partial charge in [0.05, 0.1) is 18.4 Å². The van der Waals surface area contributed by atoms with Crippen molar-refractivity contribution in [3.8, 4) is 0 Å². The van der Waals surface area contributed by atoms with Crippen molar-refractivity contribution in [3.63, 3.8) is 0 Å². The molecule has 0 aromatic heterocycles. The molecule has 0 amide bonds. The summed E-state index contributed by atoms with van der Waals surface area (Å²) in [5.41, 5.74) is 0.857. The molecule has 1 unspecified atom stereocenters. The number of sulfonamides is 1. The average molecular weight is 377 g/mol. The zero-order valence-corrected chi connectivity index (χ0v) is 15.6. The number of hydrogen-bond donors (Lipinski definition) is 2. The van der Waals surface area contributed by atoms with Crippen LogP contribution in [0.4, 0.5) is 0 Å². The second-order valence-corrected chi connectivity index (χ2v) is 8.17. The highest BCUT2D eigenvalue weighted by Gasteiger charge is 2.28. The number of carbonyl (C=O) groups excluding carboxylic acids is 1. The smallest absolute Gasteiger partial charge is 0.337 e. The molecule has 2 rings (SSSR count). The molecule has 8 heteroatoms. The number of ether oxygens (including phenoxy) is 1. The van der Waals surface area contributed by atoms with E-state index in [1.165, 1.54) is 7.11 Å². The van der Waals surface area contributed by atoms with Crippen LogP contribution in [0.2, 0.25) is 0 Å². The summed E-state index contributed by atoms with van der Waals surface area (Å²) in [5.74, 6) is -0.626. The molecule has 0 spiro atoms. The molecule has 0 aliphatic carbocycles. The van der Waals surface area contributed by atoms with Crippen molar-refractivity contribution in [3.05, 3.63) is 35.4 Å². The quantitative estimate of drug-likeness (QED) is 0.738. The van der Waals surface area contributed by atoms with E-state index in [-0.39, 0.29) is 23.6 Å². The number of nitrogens with one attached hydrogen (secondary N) is 2. The molecule has 0 saturated carbocycles. The van der Waals surface area contributed by atoms with Gasteiger partial charge in [0, 0.05) is 13.1 Å². The zero-order valence-electron chi connectivity index (χ0n) is 14.0. The van der Waals surface area contributed by atoms with Crippen molar-refractivity contribution in [2.24, 2.45) is 5.41 Å². The predicted octanol–water partition coefficient (Wildman–Crippen LogP) is 1.70. The fourth-order valence-corrected chi connectivity index (χ4v) is 4.02. The van der Waals surface area contributed by atoms with Crippen LogP contribution in [0.5, 0.6) is 0 Å². The second kappa shape index (κ2) is 8.80. The number of carbonyl (C=O) groups is 1. The second-order valence-electron chi connectivity index (χ2n) is 6.36. The number of halogens is 1. The standard InChI is InChI=1S/C16H24N2O4S.ClH/c1-16(7-4-8-17-11-16)12-18-23(20,21)10-13-5-3-6-14(9-13)15(19)22-2;/h3,5-6,9,17-18H,4,7-8,10-12H2,1-2H3;1H. The summed E-state index contributed by atoms with van der Waals surface area (Å²) in [6, 6.07) is 6.50. The molecule has 136 valence electrons. The van der Waals surface area contributed by atoms with Crippen molar-refractivity contribution in [1.82, 2.24) is 10.0 Å². The molecule has 24 heavy (non-hydrogen) atoms. The molecule has 1 aromatic carbocycles. The van der Waals surface area contributed by atoms with Crippen LogP contribution in [-0.4, -0.2) is 41.1 Å². The van der Waals surface area contributed by atoms with Crippen LogP contribution >= 0.6 is 12.4 Å². The third-order valence-corrected chi connectivity index (χ3v) is 5.41. The van der Waals surface area contributed by atoms with Crippen molar-refractivity contribution < 1.29 is 17.9 Å². The van der Waals surface area contributed by atoms with Gasteiger partial charge in [0.15, 0.2) is 0 Å². The minimum atomic E-state index is -3.45. The van der Waals surface area contributed by atoms with Crippen LogP contribution in [0, 0.1) is 5.41 Å². The first kappa shape index (κ1) is 20.9. The lowest BCUT2D eigenvalue weighted by atomic mass is 9.83. The van der Waals surface area contributed by atoms with Crippen LogP contribution < -0.4 is 10.0 Å². The molecule has 1 atom stereocenters. The number of esters is 1. The lowest BCUT2D eigenvalue weighted by Gasteiger charge is -2.34. The van der Waals surface area contributed by atoms with E-state index in [1.54, 1.807) is 24.3 Å². The number of piperidine rings is 1. The molecule has 0 bridgehead atoms. The first-order valence-electron chi connectivity index (χ1n) is 7.69. The highest BCUT2D eigenvalue weighted by Crippen LogP contribution is 2.24. The van der Waals surface area contributed by atoms with Crippen LogP contribution in [-0.2, 0) is 20.5 Å². The summed E-state index contributed by atoms with van der Waals surface area (Å²) in [7, 11) is -2.15. The molecule has 1 fully saturated rings. The third kappa shape index (κ3) is 6.05. The van der Waals surface area contributed by atoms with Crippen molar-refractivity contribution >= 4 is 28.4 Å². The highest BCUT2D eigenvalue weighted by atomic mass is 35.5. The SMILES string of the molecule is COC(=O)c1cccc(CS(=O)(=O)NCC2(C)CCCNC2)c1.Cl. The summed E-state index contributed by atoms with van der Waals surface area (Å²) < 4.78 is 31.9. The normalized spacial score (nSPS) is 20.9. The monoisotopic (exact) mass is 376 g/mol. The first-order valence-corrected chi connectivity index (χ1v) is 9.34. The lowest BCUT2D eigenvalue weighted by Crippen LogP contribution is -2.45. The number of methoxy groups -OCH3 is 1. The van der Waals surface area contributed by atoms with Gasteiger partial charge >= 0.3 is 5.97 Å². The maximum Gasteiger partial charge on any atom is 0.337 e. The largest absolute Gasteiger partial charge is 0.465 e.